The first-order chi connectivity index (χ1) is 14.9. The van der Waals surface area contributed by atoms with E-state index in [1.165, 1.54) is 6.08 Å². The van der Waals surface area contributed by atoms with Gasteiger partial charge in [0.25, 0.3) is 11.8 Å². The average molecular weight is 455 g/mol. The third-order valence-corrected chi connectivity index (χ3v) is 7.73. The molecule has 1 saturated heterocycles. The van der Waals surface area contributed by atoms with E-state index in [1.807, 2.05) is 17.5 Å². The zero-order valence-electron chi connectivity index (χ0n) is 17.5. The molecule has 31 heavy (non-hydrogen) atoms. The van der Waals surface area contributed by atoms with Crippen LogP contribution in [0.2, 0.25) is 0 Å². The van der Waals surface area contributed by atoms with Crippen molar-refractivity contribution in [1.29, 1.82) is 0 Å². The lowest BCUT2D eigenvalue weighted by atomic mass is 10.2. The van der Waals surface area contributed by atoms with Crippen molar-refractivity contribution in [2.24, 2.45) is 0 Å². The van der Waals surface area contributed by atoms with E-state index in [-0.39, 0.29) is 11.8 Å². The Labute approximate surface area is 187 Å². The Morgan fingerprint density at radius 2 is 1.87 bits per heavy atom. The van der Waals surface area contributed by atoms with Crippen LogP contribution in [0, 0.1) is 6.92 Å². The van der Waals surface area contributed by atoms with E-state index in [2.05, 4.69) is 29.2 Å². The number of anilines is 2. The Bertz CT molecular complexity index is 1210. The molecule has 10 heteroatoms. The lowest BCUT2D eigenvalue weighted by Gasteiger charge is -2.33. The Kier molecular flexibility index (Phi) is 4.99. The van der Waals surface area contributed by atoms with E-state index in [0.717, 1.165) is 56.8 Å². The largest absolute Gasteiger partial charge is 0.361 e. The summed E-state index contributed by atoms with van der Waals surface area (Å²) in [6.07, 6.45) is 1.34. The third-order valence-electron chi connectivity index (χ3n) is 5.62. The van der Waals surface area contributed by atoms with Crippen LogP contribution in [0.1, 0.15) is 12.5 Å². The SMILES string of the molecule is CC1=CC(=O)N(Nc2nc(-c3cccs3)nc3sc(N4CCN(C)CC4)c(C)c23)C1=O. The van der Waals surface area contributed by atoms with E-state index in [9.17, 15) is 9.59 Å². The molecule has 0 aromatic carbocycles. The maximum absolute atomic E-state index is 12.5. The summed E-state index contributed by atoms with van der Waals surface area (Å²) in [4.78, 5) is 40.8. The molecule has 0 radical (unpaired) electrons. The van der Waals surface area contributed by atoms with Crippen molar-refractivity contribution in [2.45, 2.75) is 13.8 Å². The third kappa shape index (κ3) is 3.50. The number of hydrogen-bond acceptors (Lipinski definition) is 9. The molecule has 3 aromatic heterocycles. The predicted octanol–water partition coefficient (Wildman–Crippen LogP) is 3.12. The van der Waals surface area contributed by atoms with E-state index in [0.29, 0.717) is 17.2 Å². The second-order valence-electron chi connectivity index (χ2n) is 7.79. The van der Waals surface area contributed by atoms with E-state index in [4.69, 9.17) is 9.97 Å². The molecule has 5 rings (SSSR count). The maximum Gasteiger partial charge on any atom is 0.275 e. The van der Waals surface area contributed by atoms with Crippen LogP contribution in [-0.2, 0) is 9.59 Å². The lowest BCUT2D eigenvalue weighted by Crippen LogP contribution is -2.44. The second kappa shape index (κ2) is 7.70. The van der Waals surface area contributed by atoms with Gasteiger partial charge in [-0.3, -0.25) is 15.0 Å². The lowest BCUT2D eigenvalue weighted by molar-refractivity contribution is -0.135. The van der Waals surface area contributed by atoms with Gasteiger partial charge in [-0.1, -0.05) is 17.4 Å². The summed E-state index contributed by atoms with van der Waals surface area (Å²) in [7, 11) is 2.13. The number of likely N-dealkylation sites (N-methyl/N-ethyl adjacent to an activating group) is 1. The van der Waals surface area contributed by atoms with Crippen LogP contribution in [0.5, 0.6) is 0 Å². The number of aryl methyl sites for hydroxylation is 1. The number of thiophene rings is 2. The fraction of sp³-hybridized carbons (Fsp3) is 0.333. The van der Waals surface area contributed by atoms with Gasteiger partial charge in [-0.25, -0.2) is 9.97 Å². The molecule has 0 unspecified atom stereocenters. The number of piperazine rings is 1. The average Bonchev–Trinajstić information content (AvgIpc) is 3.45. The van der Waals surface area contributed by atoms with Crippen molar-refractivity contribution in [2.75, 3.05) is 43.6 Å². The Balaban J connectivity index is 1.61. The summed E-state index contributed by atoms with van der Waals surface area (Å²) >= 11 is 3.19. The minimum Gasteiger partial charge on any atom is -0.361 e. The van der Waals surface area contributed by atoms with Gasteiger partial charge in [-0.2, -0.15) is 5.01 Å². The van der Waals surface area contributed by atoms with Gasteiger partial charge < -0.3 is 9.80 Å². The highest BCUT2D eigenvalue weighted by atomic mass is 32.1. The number of rotatable bonds is 4. The maximum atomic E-state index is 12.5. The number of carbonyl (C=O) groups is 2. The zero-order chi connectivity index (χ0) is 21.7. The number of amides is 2. The number of carbonyl (C=O) groups excluding carboxylic acids is 2. The standard InChI is InChI=1S/C21H22N6O2S2/c1-12-11-15(28)27(20(12)29)24-18-16-13(2)21(26-8-6-25(3)7-9-26)31-19(16)23-17(22-18)14-5-4-10-30-14/h4-5,10-11H,6-9H2,1-3H3,(H,22,23,24). The van der Waals surface area contributed by atoms with Crippen molar-refractivity contribution in [1.82, 2.24) is 19.9 Å². The molecule has 2 aliphatic rings. The normalized spacial score (nSPS) is 17.7. The van der Waals surface area contributed by atoms with E-state index in [1.54, 1.807) is 29.6 Å². The molecule has 0 spiro atoms. The summed E-state index contributed by atoms with van der Waals surface area (Å²) in [6, 6.07) is 3.92. The van der Waals surface area contributed by atoms with Crippen molar-refractivity contribution in [3.63, 3.8) is 0 Å². The van der Waals surface area contributed by atoms with Gasteiger partial charge in [0.05, 0.1) is 15.3 Å². The number of nitrogens with zero attached hydrogens (tertiary/aromatic N) is 5. The van der Waals surface area contributed by atoms with Crippen LogP contribution in [0.25, 0.3) is 20.9 Å². The summed E-state index contributed by atoms with van der Waals surface area (Å²) in [5.41, 5.74) is 4.46. The molecule has 0 atom stereocenters. The zero-order valence-corrected chi connectivity index (χ0v) is 19.1. The predicted molar refractivity (Wildman–Crippen MR) is 124 cm³/mol. The summed E-state index contributed by atoms with van der Waals surface area (Å²) < 4.78 is 0. The van der Waals surface area contributed by atoms with E-state index < -0.39 is 0 Å². The summed E-state index contributed by atoms with van der Waals surface area (Å²) in [5.74, 6) is 0.313. The Morgan fingerprint density at radius 1 is 1.10 bits per heavy atom. The smallest absolute Gasteiger partial charge is 0.275 e. The van der Waals surface area contributed by atoms with E-state index >= 15 is 0 Å². The second-order valence-corrected chi connectivity index (χ2v) is 9.72. The van der Waals surface area contributed by atoms with Gasteiger partial charge in [0.15, 0.2) is 11.6 Å². The molecule has 1 fully saturated rings. The minimum absolute atomic E-state index is 0.360. The molecular formula is C21H22N6O2S2. The van der Waals surface area contributed by atoms with Gasteiger partial charge in [0, 0.05) is 37.8 Å². The topological polar surface area (TPSA) is 81.7 Å². The van der Waals surface area contributed by atoms with Crippen molar-refractivity contribution >= 4 is 55.5 Å². The van der Waals surface area contributed by atoms with Gasteiger partial charge in [-0.15, -0.1) is 11.3 Å². The minimum atomic E-state index is -0.390. The molecule has 2 amide bonds. The number of hydrogen-bond donors (Lipinski definition) is 1. The molecule has 160 valence electrons. The Hall–Kier alpha value is -2.82. The van der Waals surface area contributed by atoms with Crippen LogP contribution in [0.4, 0.5) is 10.8 Å². The highest BCUT2D eigenvalue weighted by molar-refractivity contribution is 7.22. The fourth-order valence-corrected chi connectivity index (χ4v) is 5.73. The first-order valence-corrected chi connectivity index (χ1v) is 11.7. The molecule has 0 saturated carbocycles. The summed E-state index contributed by atoms with van der Waals surface area (Å²) in [5, 5.41) is 5.02. The van der Waals surface area contributed by atoms with Crippen LogP contribution in [-0.4, -0.2) is 64.9 Å². The number of fused-ring (bicyclic) bond motifs is 1. The summed E-state index contributed by atoms with van der Waals surface area (Å²) in [6.45, 7) is 7.60. The molecular weight excluding hydrogens is 432 g/mol. The number of hydrazine groups is 1. The van der Waals surface area contributed by atoms with Crippen molar-refractivity contribution in [3.8, 4) is 10.7 Å². The number of aromatic nitrogens is 2. The molecule has 8 nitrogen and oxygen atoms in total. The molecule has 1 N–H and O–H groups in total. The molecule has 3 aromatic rings. The molecule has 0 aliphatic carbocycles. The Morgan fingerprint density at radius 3 is 2.52 bits per heavy atom. The molecule has 2 aliphatic heterocycles. The first kappa shape index (κ1) is 20.1. The highest BCUT2D eigenvalue weighted by Gasteiger charge is 2.31. The van der Waals surface area contributed by atoms with Gasteiger partial charge >= 0.3 is 0 Å². The van der Waals surface area contributed by atoms with Crippen LogP contribution in [0.3, 0.4) is 0 Å². The van der Waals surface area contributed by atoms with Crippen molar-refractivity contribution < 1.29 is 9.59 Å². The van der Waals surface area contributed by atoms with Crippen LogP contribution in [0.15, 0.2) is 29.2 Å². The number of nitrogens with one attached hydrogen (secondary N) is 1. The van der Waals surface area contributed by atoms with Crippen LogP contribution < -0.4 is 10.3 Å². The number of imide groups is 1. The van der Waals surface area contributed by atoms with Gasteiger partial charge in [0.2, 0.25) is 0 Å². The van der Waals surface area contributed by atoms with Crippen LogP contribution >= 0.6 is 22.7 Å². The quantitative estimate of drug-likeness (QED) is 0.607. The van der Waals surface area contributed by atoms with Gasteiger partial charge in [0.1, 0.15) is 4.83 Å². The van der Waals surface area contributed by atoms with Gasteiger partial charge in [-0.05, 0) is 37.9 Å². The molecule has 5 heterocycles. The monoisotopic (exact) mass is 454 g/mol. The molecule has 0 bridgehead atoms. The first-order valence-electron chi connectivity index (χ1n) is 10.0. The highest BCUT2D eigenvalue weighted by Crippen LogP contribution is 2.41. The van der Waals surface area contributed by atoms with Crippen molar-refractivity contribution in [3.05, 3.63) is 34.7 Å². The fourth-order valence-electron chi connectivity index (χ4n) is 3.83.